The van der Waals surface area contributed by atoms with Gasteiger partial charge in [0.25, 0.3) is 0 Å². The predicted molar refractivity (Wildman–Crippen MR) is 66.3 cm³/mol. The van der Waals surface area contributed by atoms with Crippen molar-refractivity contribution in [2.75, 3.05) is 26.7 Å². The highest BCUT2D eigenvalue weighted by atomic mass is 16.4. The first kappa shape index (κ1) is 14.8. The second-order valence-corrected chi connectivity index (χ2v) is 4.88. The first-order chi connectivity index (χ1) is 8.43. The van der Waals surface area contributed by atoms with Crippen LogP contribution in [0.2, 0.25) is 0 Å². The zero-order chi connectivity index (χ0) is 13.7. The molecule has 2 N–H and O–H groups in total. The van der Waals surface area contributed by atoms with Gasteiger partial charge in [0.15, 0.2) is 0 Å². The number of rotatable bonds is 6. The Morgan fingerprint density at radius 2 is 1.94 bits per heavy atom. The molecule has 6 heteroatoms. The molecule has 0 saturated heterocycles. The molecular weight excluding hydrogens is 236 g/mol. The Hall–Kier alpha value is -1.30. The molecule has 1 aliphatic carbocycles. The van der Waals surface area contributed by atoms with Gasteiger partial charge in [-0.15, -0.1) is 0 Å². The van der Waals surface area contributed by atoms with Crippen molar-refractivity contribution in [3.63, 3.8) is 0 Å². The summed E-state index contributed by atoms with van der Waals surface area (Å²) in [6, 6.07) is -0.139. The summed E-state index contributed by atoms with van der Waals surface area (Å²) in [5.74, 6) is -0.529. The van der Waals surface area contributed by atoms with Gasteiger partial charge < -0.3 is 20.0 Å². The fraction of sp³-hybridized carbons (Fsp3) is 0.833. The summed E-state index contributed by atoms with van der Waals surface area (Å²) in [7, 11) is 1.72. The number of amides is 2. The van der Waals surface area contributed by atoms with Crippen molar-refractivity contribution in [1.29, 1.82) is 0 Å². The SMILES string of the molecule is CCN(CCC(=O)O)C(=O)N(C)CC1CC(O)C1. The summed E-state index contributed by atoms with van der Waals surface area (Å²) in [6.45, 7) is 3.20. The van der Waals surface area contributed by atoms with Crippen molar-refractivity contribution in [3.8, 4) is 0 Å². The number of carbonyl (C=O) groups is 2. The fourth-order valence-corrected chi connectivity index (χ4v) is 2.18. The maximum absolute atomic E-state index is 12.0. The van der Waals surface area contributed by atoms with Crippen LogP contribution in [-0.4, -0.2) is 64.8 Å². The number of nitrogens with zero attached hydrogens (tertiary/aromatic N) is 2. The van der Waals surface area contributed by atoms with E-state index in [0.717, 1.165) is 12.8 Å². The predicted octanol–water partition coefficient (Wildman–Crippen LogP) is 0.606. The quantitative estimate of drug-likeness (QED) is 0.731. The molecule has 0 aromatic heterocycles. The number of aliphatic carboxylic acids is 1. The van der Waals surface area contributed by atoms with Crippen LogP contribution < -0.4 is 0 Å². The highest BCUT2D eigenvalue weighted by molar-refractivity contribution is 5.75. The number of aliphatic hydroxyl groups is 1. The molecule has 0 unspecified atom stereocenters. The van der Waals surface area contributed by atoms with Crippen LogP contribution in [0.3, 0.4) is 0 Å². The third kappa shape index (κ3) is 4.18. The first-order valence-corrected chi connectivity index (χ1v) is 6.34. The van der Waals surface area contributed by atoms with Crippen molar-refractivity contribution < 1.29 is 19.8 Å². The molecule has 1 fully saturated rings. The van der Waals surface area contributed by atoms with Gasteiger partial charge in [0.05, 0.1) is 12.5 Å². The van der Waals surface area contributed by atoms with E-state index >= 15 is 0 Å². The van der Waals surface area contributed by atoms with Crippen molar-refractivity contribution in [2.24, 2.45) is 5.92 Å². The summed E-state index contributed by atoms with van der Waals surface area (Å²) in [6.07, 6.45) is 1.25. The minimum absolute atomic E-state index is 0.0322. The number of carboxylic acids is 1. The van der Waals surface area contributed by atoms with Crippen LogP contribution in [-0.2, 0) is 4.79 Å². The van der Waals surface area contributed by atoms with E-state index in [2.05, 4.69) is 0 Å². The summed E-state index contributed by atoms with van der Waals surface area (Å²) in [4.78, 5) is 25.7. The topological polar surface area (TPSA) is 81.1 Å². The molecule has 0 atom stereocenters. The summed E-state index contributed by atoms with van der Waals surface area (Å²) in [5.41, 5.74) is 0. The third-order valence-electron chi connectivity index (χ3n) is 3.32. The van der Waals surface area contributed by atoms with E-state index in [1.807, 2.05) is 6.92 Å². The Bertz CT molecular complexity index is 302. The van der Waals surface area contributed by atoms with Crippen LogP contribution in [0.4, 0.5) is 4.79 Å². The monoisotopic (exact) mass is 258 g/mol. The first-order valence-electron chi connectivity index (χ1n) is 6.34. The second-order valence-electron chi connectivity index (χ2n) is 4.88. The van der Waals surface area contributed by atoms with Gasteiger partial charge in [-0.25, -0.2) is 4.79 Å². The summed E-state index contributed by atoms with van der Waals surface area (Å²) < 4.78 is 0. The van der Waals surface area contributed by atoms with Gasteiger partial charge in [0.1, 0.15) is 0 Å². The lowest BCUT2D eigenvalue weighted by Gasteiger charge is -2.36. The van der Waals surface area contributed by atoms with E-state index in [1.165, 1.54) is 4.90 Å². The maximum Gasteiger partial charge on any atom is 0.319 e. The van der Waals surface area contributed by atoms with Crippen molar-refractivity contribution in [1.82, 2.24) is 9.80 Å². The molecule has 0 heterocycles. The highest BCUT2D eigenvalue weighted by Gasteiger charge is 2.30. The second kappa shape index (κ2) is 6.58. The van der Waals surface area contributed by atoms with Gasteiger partial charge in [0.2, 0.25) is 0 Å². The molecular formula is C12H22N2O4. The molecule has 0 aliphatic heterocycles. The van der Waals surface area contributed by atoms with Crippen molar-refractivity contribution in [2.45, 2.75) is 32.3 Å². The van der Waals surface area contributed by atoms with Crippen LogP contribution in [0.15, 0.2) is 0 Å². The molecule has 0 aromatic rings. The Morgan fingerprint density at radius 1 is 1.33 bits per heavy atom. The Kier molecular flexibility index (Phi) is 5.40. The molecule has 2 amide bonds. The average molecular weight is 258 g/mol. The van der Waals surface area contributed by atoms with Gasteiger partial charge in [-0.1, -0.05) is 0 Å². The minimum atomic E-state index is -0.897. The molecule has 18 heavy (non-hydrogen) atoms. The van der Waals surface area contributed by atoms with Crippen LogP contribution in [0.1, 0.15) is 26.2 Å². The van der Waals surface area contributed by atoms with Gasteiger partial charge in [-0.05, 0) is 25.7 Å². The van der Waals surface area contributed by atoms with Crippen molar-refractivity contribution in [3.05, 3.63) is 0 Å². The van der Waals surface area contributed by atoms with E-state index < -0.39 is 5.97 Å². The molecule has 0 aromatic carbocycles. The minimum Gasteiger partial charge on any atom is -0.481 e. The standard InChI is InChI=1S/C12H22N2O4/c1-3-14(5-4-11(16)17)12(18)13(2)8-9-6-10(15)7-9/h9-10,15H,3-8H2,1-2H3,(H,16,17). The molecule has 0 radical (unpaired) electrons. The van der Waals surface area contributed by atoms with Crippen LogP contribution in [0, 0.1) is 5.92 Å². The molecule has 0 spiro atoms. The molecule has 6 nitrogen and oxygen atoms in total. The van der Waals surface area contributed by atoms with Crippen LogP contribution in [0.25, 0.3) is 0 Å². The molecule has 1 saturated carbocycles. The Labute approximate surface area is 107 Å². The lowest BCUT2D eigenvalue weighted by molar-refractivity contribution is -0.137. The summed E-state index contributed by atoms with van der Waals surface area (Å²) in [5, 5.41) is 17.8. The number of carboxylic acid groups (broad SMARTS) is 1. The maximum atomic E-state index is 12.0. The normalized spacial score (nSPS) is 22.2. The summed E-state index contributed by atoms with van der Waals surface area (Å²) >= 11 is 0. The highest BCUT2D eigenvalue weighted by Crippen LogP contribution is 2.27. The van der Waals surface area contributed by atoms with Crippen LogP contribution >= 0.6 is 0 Å². The Morgan fingerprint density at radius 3 is 2.39 bits per heavy atom. The lowest BCUT2D eigenvalue weighted by atomic mass is 9.82. The molecule has 104 valence electrons. The van der Waals surface area contributed by atoms with Gasteiger partial charge >= 0.3 is 12.0 Å². The number of hydrogen-bond acceptors (Lipinski definition) is 3. The van der Waals surface area contributed by atoms with E-state index in [0.29, 0.717) is 19.0 Å². The zero-order valence-corrected chi connectivity index (χ0v) is 11.0. The van der Waals surface area contributed by atoms with Gasteiger partial charge in [0, 0.05) is 26.7 Å². The van der Waals surface area contributed by atoms with E-state index in [1.54, 1.807) is 11.9 Å². The van der Waals surface area contributed by atoms with Crippen molar-refractivity contribution >= 4 is 12.0 Å². The lowest BCUT2D eigenvalue weighted by Crippen LogP contribution is -2.46. The van der Waals surface area contributed by atoms with Gasteiger partial charge in [-0.2, -0.15) is 0 Å². The van der Waals surface area contributed by atoms with Gasteiger partial charge in [-0.3, -0.25) is 4.79 Å². The number of urea groups is 1. The van der Waals surface area contributed by atoms with Crippen LogP contribution in [0.5, 0.6) is 0 Å². The number of aliphatic hydroxyl groups excluding tert-OH is 1. The zero-order valence-electron chi connectivity index (χ0n) is 11.0. The number of carbonyl (C=O) groups excluding carboxylic acids is 1. The fourth-order valence-electron chi connectivity index (χ4n) is 2.18. The third-order valence-corrected chi connectivity index (χ3v) is 3.32. The van der Waals surface area contributed by atoms with E-state index in [9.17, 15) is 14.7 Å². The molecule has 0 bridgehead atoms. The number of hydrogen-bond donors (Lipinski definition) is 2. The van der Waals surface area contributed by atoms with E-state index in [4.69, 9.17) is 5.11 Å². The Balaban J connectivity index is 2.36. The van der Waals surface area contributed by atoms with E-state index in [-0.39, 0.29) is 25.1 Å². The largest absolute Gasteiger partial charge is 0.481 e. The molecule has 1 rings (SSSR count). The molecule has 1 aliphatic rings. The average Bonchev–Trinajstić information content (AvgIpc) is 2.27. The smallest absolute Gasteiger partial charge is 0.319 e.